The molecule has 7 heteroatoms. The number of nitrogens with one attached hydrogen (secondary N) is 1. The van der Waals surface area contributed by atoms with Crippen LogP contribution in [0.4, 0.5) is 18.9 Å². The van der Waals surface area contributed by atoms with E-state index in [-0.39, 0.29) is 16.9 Å². The molecule has 0 saturated carbocycles. The van der Waals surface area contributed by atoms with Crippen molar-refractivity contribution < 1.29 is 27.5 Å². The summed E-state index contributed by atoms with van der Waals surface area (Å²) in [5, 5.41) is 2.38. The number of anilines is 1. The lowest BCUT2D eigenvalue weighted by molar-refractivity contribution is -0.274. The van der Waals surface area contributed by atoms with Crippen LogP contribution in [-0.4, -0.2) is 18.1 Å². The number of ether oxygens (including phenoxy) is 1. The van der Waals surface area contributed by atoms with Crippen molar-refractivity contribution in [1.29, 1.82) is 0 Å². The number of benzene rings is 2. The molecular weight excluding hydrogens is 299 g/mol. The van der Waals surface area contributed by atoms with Crippen LogP contribution in [0, 0.1) is 0 Å². The van der Waals surface area contributed by atoms with Crippen molar-refractivity contribution in [1.82, 2.24) is 0 Å². The number of amides is 1. The lowest BCUT2D eigenvalue weighted by atomic mass is 10.0. The summed E-state index contributed by atoms with van der Waals surface area (Å²) in [6.45, 7) is 0. The largest absolute Gasteiger partial charge is 0.573 e. The Morgan fingerprint density at radius 3 is 2.41 bits per heavy atom. The third-order valence-corrected chi connectivity index (χ3v) is 3.14. The summed E-state index contributed by atoms with van der Waals surface area (Å²) in [4.78, 5) is 23.0. The molecule has 0 radical (unpaired) electrons. The molecule has 2 aromatic rings. The lowest BCUT2D eigenvalue weighted by Gasteiger charge is -2.13. The molecule has 0 spiro atoms. The van der Waals surface area contributed by atoms with Gasteiger partial charge >= 0.3 is 6.36 Å². The van der Waals surface area contributed by atoms with Crippen LogP contribution in [0.5, 0.6) is 5.75 Å². The Morgan fingerprint density at radius 2 is 1.68 bits per heavy atom. The molecular formula is C15H8F3NO3. The molecule has 0 aromatic heterocycles. The molecule has 1 aliphatic heterocycles. The molecule has 2 aromatic carbocycles. The molecule has 22 heavy (non-hydrogen) atoms. The fourth-order valence-corrected chi connectivity index (χ4v) is 2.23. The number of carbonyl (C=O) groups is 2. The van der Waals surface area contributed by atoms with Gasteiger partial charge in [0, 0.05) is 5.56 Å². The number of carbonyl (C=O) groups excluding carboxylic acids is 2. The van der Waals surface area contributed by atoms with Gasteiger partial charge in [0.2, 0.25) is 0 Å². The average Bonchev–Trinajstić information content (AvgIpc) is 2.73. The zero-order valence-corrected chi connectivity index (χ0v) is 10.9. The molecule has 1 aliphatic rings. The van der Waals surface area contributed by atoms with Gasteiger partial charge in [0.25, 0.3) is 11.7 Å². The molecule has 0 saturated heterocycles. The van der Waals surface area contributed by atoms with Crippen molar-refractivity contribution in [2.24, 2.45) is 0 Å². The maximum Gasteiger partial charge on any atom is 0.573 e. The van der Waals surface area contributed by atoms with Crippen LogP contribution >= 0.6 is 0 Å². The van der Waals surface area contributed by atoms with Gasteiger partial charge < -0.3 is 10.1 Å². The molecule has 3 rings (SSSR count). The van der Waals surface area contributed by atoms with Crippen LogP contribution in [0.15, 0.2) is 42.5 Å². The van der Waals surface area contributed by atoms with Gasteiger partial charge in [0.15, 0.2) is 0 Å². The van der Waals surface area contributed by atoms with Crippen LogP contribution in [0.25, 0.3) is 11.1 Å². The fraction of sp³-hybridized carbons (Fsp3) is 0.0667. The number of halogens is 3. The standard InChI is InChI=1S/C15H8F3NO3/c16-15(17,18)22-12-4-2-1-3-9(12)8-5-6-11-10(7-8)13(20)14(21)19-11/h1-7H,(H,19,20,21). The number of hydrogen-bond donors (Lipinski definition) is 1. The second-order valence-electron chi connectivity index (χ2n) is 4.59. The van der Waals surface area contributed by atoms with E-state index in [0.29, 0.717) is 11.3 Å². The number of hydrogen-bond acceptors (Lipinski definition) is 3. The van der Waals surface area contributed by atoms with E-state index in [4.69, 9.17) is 0 Å². The first-order valence-electron chi connectivity index (χ1n) is 6.20. The van der Waals surface area contributed by atoms with E-state index in [1.807, 2.05) is 0 Å². The molecule has 0 bridgehead atoms. The van der Waals surface area contributed by atoms with Crippen LogP contribution in [0.1, 0.15) is 10.4 Å². The number of fused-ring (bicyclic) bond motifs is 1. The van der Waals surface area contributed by atoms with Crippen molar-refractivity contribution in [2.75, 3.05) is 5.32 Å². The normalized spacial score (nSPS) is 13.8. The maximum absolute atomic E-state index is 12.4. The Hall–Kier alpha value is -2.83. The second kappa shape index (κ2) is 4.87. The molecule has 0 fully saturated rings. The van der Waals surface area contributed by atoms with Gasteiger partial charge in [-0.05, 0) is 23.8 Å². The summed E-state index contributed by atoms with van der Waals surface area (Å²) >= 11 is 0. The smallest absolute Gasteiger partial charge is 0.405 e. The van der Waals surface area contributed by atoms with E-state index in [1.54, 1.807) is 6.07 Å². The minimum Gasteiger partial charge on any atom is -0.405 e. The highest BCUT2D eigenvalue weighted by Crippen LogP contribution is 2.36. The SMILES string of the molecule is O=C1Nc2ccc(-c3ccccc3OC(F)(F)F)cc2C1=O. The first-order chi connectivity index (χ1) is 10.3. The molecule has 1 heterocycles. The number of para-hydroxylation sites is 1. The third kappa shape index (κ3) is 2.52. The maximum atomic E-state index is 12.4. The van der Waals surface area contributed by atoms with E-state index in [2.05, 4.69) is 10.1 Å². The molecule has 0 aliphatic carbocycles. The van der Waals surface area contributed by atoms with E-state index in [9.17, 15) is 22.8 Å². The first kappa shape index (κ1) is 14.1. The minimum atomic E-state index is -4.82. The van der Waals surface area contributed by atoms with E-state index >= 15 is 0 Å². The highest BCUT2D eigenvalue weighted by Gasteiger charge is 2.33. The highest BCUT2D eigenvalue weighted by atomic mass is 19.4. The minimum absolute atomic E-state index is 0.129. The van der Waals surface area contributed by atoms with E-state index in [1.165, 1.54) is 36.4 Å². The Kier molecular flexibility index (Phi) is 3.13. The molecule has 1 amide bonds. The Labute approximate surface area is 122 Å². The summed E-state index contributed by atoms with van der Waals surface area (Å²) in [7, 11) is 0. The van der Waals surface area contributed by atoms with E-state index in [0.717, 1.165) is 0 Å². The van der Waals surface area contributed by atoms with Gasteiger partial charge in [-0.1, -0.05) is 24.3 Å². The zero-order valence-electron chi connectivity index (χ0n) is 10.9. The fourth-order valence-electron chi connectivity index (χ4n) is 2.23. The summed E-state index contributed by atoms with van der Waals surface area (Å²) in [6.07, 6.45) is -4.82. The predicted molar refractivity (Wildman–Crippen MR) is 71.5 cm³/mol. The van der Waals surface area contributed by atoms with Gasteiger partial charge in [-0.3, -0.25) is 9.59 Å². The van der Waals surface area contributed by atoms with Crippen molar-refractivity contribution in [3.05, 3.63) is 48.0 Å². The predicted octanol–water partition coefficient (Wildman–Crippen LogP) is 3.39. The summed E-state index contributed by atoms with van der Waals surface area (Å²) in [5.41, 5.74) is 0.996. The summed E-state index contributed by atoms with van der Waals surface area (Å²) in [6, 6.07) is 9.94. The third-order valence-electron chi connectivity index (χ3n) is 3.14. The van der Waals surface area contributed by atoms with Crippen molar-refractivity contribution >= 4 is 17.4 Å². The highest BCUT2D eigenvalue weighted by molar-refractivity contribution is 6.51. The van der Waals surface area contributed by atoms with Crippen LogP contribution in [0.3, 0.4) is 0 Å². The average molecular weight is 307 g/mol. The first-order valence-corrected chi connectivity index (χ1v) is 6.20. The molecule has 112 valence electrons. The number of ketones is 1. The lowest BCUT2D eigenvalue weighted by Crippen LogP contribution is -2.17. The van der Waals surface area contributed by atoms with Crippen molar-refractivity contribution in [3.63, 3.8) is 0 Å². The zero-order chi connectivity index (χ0) is 15.9. The summed E-state index contributed by atoms with van der Waals surface area (Å²) < 4.78 is 41.3. The Morgan fingerprint density at radius 1 is 0.955 bits per heavy atom. The number of rotatable bonds is 2. The van der Waals surface area contributed by atoms with Gasteiger partial charge in [0.1, 0.15) is 5.75 Å². The van der Waals surface area contributed by atoms with Crippen LogP contribution in [-0.2, 0) is 4.79 Å². The number of alkyl halides is 3. The quantitative estimate of drug-likeness (QED) is 0.865. The van der Waals surface area contributed by atoms with Crippen LogP contribution in [0.2, 0.25) is 0 Å². The van der Waals surface area contributed by atoms with Gasteiger partial charge in [-0.25, -0.2) is 0 Å². The Bertz CT molecular complexity index is 784. The molecule has 0 atom stereocenters. The summed E-state index contributed by atoms with van der Waals surface area (Å²) in [5.74, 6) is -1.85. The number of Topliss-reactive ketones (excluding diaryl/α,β-unsaturated/α-hetero) is 1. The van der Waals surface area contributed by atoms with Crippen molar-refractivity contribution in [2.45, 2.75) is 6.36 Å². The van der Waals surface area contributed by atoms with Gasteiger partial charge in [0.05, 0.1) is 11.3 Å². The second-order valence-corrected chi connectivity index (χ2v) is 4.59. The van der Waals surface area contributed by atoms with Crippen molar-refractivity contribution in [3.8, 4) is 16.9 Å². The Balaban J connectivity index is 2.07. The molecule has 4 nitrogen and oxygen atoms in total. The topological polar surface area (TPSA) is 55.4 Å². The monoisotopic (exact) mass is 307 g/mol. The molecule has 0 unspecified atom stereocenters. The van der Waals surface area contributed by atoms with Gasteiger partial charge in [-0.15, -0.1) is 13.2 Å². The van der Waals surface area contributed by atoms with Gasteiger partial charge in [-0.2, -0.15) is 0 Å². The molecule has 1 N–H and O–H groups in total. The van der Waals surface area contributed by atoms with Crippen LogP contribution < -0.4 is 10.1 Å². The van der Waals surface area contributed by atoms with E-state index < -0.39 is 18.1 Å².